The first-order valence-electron chi connectivity index (χ1n) is 6.85. The minimum absolute atomic E-state index is 0.540. The van der Waals surface area contributed by atoms with E-state index in [2.05, 4.69) is 36.3 Å². The molecule has 2 rings (SSSR count). The normalized spacial score (nSPS) is 16.4. The molecule has 1 fully saturated rings. The molecule has 3 nitrogen and oxygen atoms in total. The Morgan fingerprint density at radius 2 is 2.22 bits per heavy atom. The average molecular weight is 248 g/mol. The Kier molecular flexibility index (Phi) is 4.48. The minimum Gasteiger partial charge on any atom is -0.497 e. The summed E-state index contributed by atoms with van der Waals surface area (Å²) >= 11 is 0. The van der Waals surface area contributed by atoms with Gasteiger partial charge in [-0.2, -0.15) is 0 Å². The van der Waals surface area contributed by atoms with E-state index in [1.54, 1.807) is 7.11 Å². The van der Waals surface area contributed by atoms with E-state index in [1.807, 2.05) is 12.1 Å². The van der Waals surface area contributed by atoms with Gasteiger partial charge >= 0.3 is 0 Å². The molecule has 0 spiro atoms. The van der Waals surface area contributed by atoms with E-state index >= 15 is 0 Å². The first-order valence-corrected chi connectivity index (χ1v) is 6.85. The molecule has 100 valence electrons. The predicted molar refractivity (Wildman–Crippen MR) is 76.5 cm³/mol. The van der Waals surface area contributed by atoms with Crippen molar-refractivity contribution in [3.05, 3.63) is 24.3 Å². The molecule has 0 heterocycles. The number of methoxy groups -OCH3 is 1. The van der Waals surface area contributed by atoms with Crippen LogP contribution in [0, 0.1) is 0 Å². The maximum Gasteiger partial charge on any atom is 0.120 e. The molecule has 0 aromatic heterocycles. The average Bonchev–Trinajstić information content (AvgIpc) is 3.23. The van der Waals surface area contributed by atoms with Gasteiger partial charge in [-0.1, -0.05) is 13.0 Å². The Balaban J connectivity index is 1.98. The summed E-state index contributed by atoms with van der Waals surface area (Å²) in [6.07, 6.45) is 3.84. The molecule has 1 atom stereocenters. The quantitative estimate of drug-likeness (QED) is 0.803. The first kappa shape index (κ1) is 13.2. The summed E-state index contributed by atoms with van der Waals surface area (Å²) in [5.41, 5.74) is 1.22. The third-order valence-corrected chi connectivity index (χ3v) is 3.70. The van der Waals surface area contributed by atoms with Gasteiger partial charge in [0.1, 0.15) is 5.75 Å². The maximum absolute atomic E-state index is 5.28. The maximum atomic E-state index is 5.28. The Bertz CT molecular complexity index is 377. The zero-order valence-electron chi connectivity index (χ0n) is 11.6. The van der Waals surface area contributed by atoms with E-state index in [1.165, 1.54) is 18.5 Å². The fraction of sp³-hybridized carbons (Fsp3) is 0.600. The van der Waals surface area contributed by atoms with Crippen LogP contribution >= 0.6 is 0 Å². The summed E-state index contributed by atoms with van der Waals surface area (Å²) in [7, 11) is 3.88. The van der Waals surface area contributed by atoms with Gasteiger partial charge in [-0.25, -0.2) is 0 Å². The third-order valence-electron chi connectivity index (χ3n) is 3.70. The Morgan fingerprint density at radius 3 is 2.83 bits per heavy atom. The number of likely N-dealkylation sites (N-methyl/N-ethyl adjacent to an activating group) is 1. The van der Waals surface area contributed by atoms with Crippen molar-refractivity contribution in [3.63, 3.8) is 0 Å². The van der Waals surface area contributed by atoms with Crippen molar-refractivity contribution in [2.45, 2.75) is 38.3 Å². The number of rotatable bonds is 7. The van der Waals surface area contributed by atoms with Crippen molar-refractivity contribution in [1.29, 1.82) is 0 Å². The van der Waals surface area contributed by atoms with Gasteiger partial charge in [-0.3, -0.25) is 0 Å². The SMILES string of the molecule is CCC(CNC1CC1)N(C)c1cccc(OC)c1. The molecule has 1 aromatic rings. The molecule has 1 aliphatic rings. The minimum atomic E-state index is 0.540. The van der Waals surface area contributed by atoms with Crippen LogP contribution in [-0.4, -0.2) is 32.8 Å². The molecular formula is C15H24N2O. The summed E-state index contributed by atoms with van der Waals surface area (Å²) in [5, 5.41) is 3.61. The second-order valence-electron chi connectivity index (χ2n) is 5.06. The fourth-order valence-corrected chi connectivity index (χ4v) is 2.19. The predicted octanol–water partition coefficient (Wildman–Crippen LogP) is 2.66. The number of nitrogens with one attached hydrogen (secondary N) is 1. The van der Waals surface area contributed by atoms with Crippen LogP contribution in [0.3, 0.4) is 0 Å². The number of ether oxygens (including phenoxy) is 1. The van der Waals surface area contributed by atoms with Gasteiger partial charge in [0, 0.05) is 37.4 Å². The standard InChI is InChI=1S/C15H24N2O/c1-4-13(11-16-12-8-9-12)17(2)14-6-5-7-15(10-14)18-3/h5-7,10,12-13,16H,4,8-9,11H2,1-3H3. The second-order valence-corrected chi connectivity index (χ2v) is 5.06. The fourth-order valence-electron chi connectivity index (χ4n) is 2.19. The highest BCUT2D eigenvalue weighted by Crippen LogP contribution is 2.23. The number of nitrogens with zero attached hydrogens (tertiary/aromatic N) is 1. The summed E-state index contributed by atoms with van der Waals surface area (Å²) in [6.45, 7) is 3.31. The largest absolute Gasteiger partial charge is 0.497 e. The van der Waals surface area contributed by atoms with Gasteiger partial charge in [0.25, 0.3) is 0 Å². The van der Waals surface area contributed by atoms with Crippen LogP contribution in [0.5, 0.6) is 5.75 Å². The molecule has 0 radical (unpaired) electrons. The van der Waals surface area contributed by atoms with Crippen molar-refractivity contribution in [3.8, 4) is 5.75 Å². The van der Waals surface area contributed by atoms with Gasteiger partial charge in [0.2, 0.25) is 0 Å². The summed E-state index contributed by atoms with van der Waals surface area (Å²) < 4.78 is 5.28. The molecule has 3 heteroatoms. The van der Waals surface area contributed by atoms with Gasteiger partial charge < -0.3 is 15.0 Å². The number of anilines is 1. The van der Waals surface area contributed by atoms with Gasteiger partial charge in [-0.15, -0.1) is 0 Å². The lowest BCUT2D eigenvalue weighted by atomic mass is 10.1. The van der Waals surface area contributed by atoms with Crippen LogP contribution in [0.1, 0.15) is 26.2 Å². The smallest absolute Gasteiger partial charge is 0.120 e. The van der Waals surface area contributed by atoms with Gasteiger partial charge in [0.05, 0.1) is 7.11 Å². The number of hydrogen-bond acceptors (Lipinski definition) is 3. The van der Waals surface area contributed by atoms with Crippen LogP contribution in [0.25, 0.3) is 0 Å². The van der Waals surface area contributed by atoms with Crippen molar-refractivity contribution >= 4 is 5.69 Å². The zero-order valence-corrected chi connectivity index (χ0v) is 11.6. The summed E-state index contributed by atoms with van der Waals surface area (Å²) in [6, 6.07) is 9.59. The van der Waals surface area contributed by atoms with Gasteiger partial charge in [0.15, 0.2) is 0 Å². The lowest BCUT2D eigenvalue weighted by Gasteiger charge is -2.30. The van der Waals surface area contributed by atoms with E-state index in [4.69, 9.17) is 4.74 Å². The van der Waals surface area contributed by atoms with Crippen LogP contribution < -0.4 is 15.0 Å². The van der Waals surface area contributed by atoms with E-state index in [0.717, 1.165) is 24.8 Å². The molecular weight excluding hydrogens is 224 g/mol. The Morgan fingerprint density at radius 1 is 1.44 bits per heavy atom. The molecule has 0 saturated heterocycles. The molecule has 1 aromatic carbocycles. The highest BCUT2D eigenvalue weighted by Gasteiger charge is 2.22. The van der Waals surface area contributed by atoms with E-state index in [9.17, 15) is 0 Å². The summed E-state index contributed by atoms with van der Waals surface area (Å²) in [4.78, 5) is 2.35. The topological polar surface area (TPSA) is 24.5 Å². The highest BCUT2D eigenvalue weighted by atomic mass is 16.5. The molecule has 18 heavy (non-hydrogen) atoms. The lowest BCUT2D eigenvalue weighted by Crippen LogP contribution is -2.40. The Labute approximate surface area is 110 Å². The molecule has 0 aliphatic heterocycles. The molecule has 1 unspecified atom stereocenters. The molecule has 1 aliphatic carbocycles. The van der Waals surface area contributed by atoms with Crippen molar-refractivity contribution in [1.82, 2.24) is 5.32 Å². The van der Waals surface area contributed by atoms with Crippen LogP contribution in [0.4, 0.5) is 5.69 Å². The van der Waals surface area contributed by atoms with Crippen molar-refractivity contribution in [2.75, 3.05) is 25.6 Å². The first-order chi connectivity index (χ1) is 8.74. The van der Waals surface area contributed by atoms with Crippen LogP contribution in [0.15, 0.2) is 24.3 Å². The third kappa shape index (κ3) is 3.39. The van der Waals surface area contributed by atoms with Crippen molar-refractivity contribution < 1.29 is 4.74 Å². The van der Waals surface area contributed by atoms with Crippen LogP contribution in [-0.2, 0) is 0 Å². The second kappa shape index (κ2) is 6.10. The van der Waals surface area contributed by atoms with E-state index in [0.29, 0.717) is 6.04 Å². The lowest BCUT2D eigenvalue weighted by molar-refractivity contribution is 0.414. The molecule has 1 saturated carbocycles. The number of hydrogen-bond donors (Lipinski definition) is 1. The van der Waals surface area contributed by atoms with Crippen LogP contribution in [0.2, 0.25) is 0 Å². The molecule has 0 amide bonds. The zero-order chi connectivity index (χ0) is 13.0. The van der Waals surface area contributed by atoms with E-state index in [-0.39, 0.29) is 0 Å². The molecule has 0 bridgehead atoms. The highest BCUT2D eigenvalue weighted by molar-refractivity contribution is 5.51. The molecule has 1 N–H and O–H groups in total. The van der Waals surface area contributed by atoms with Gasteiger partial charge in [-0.05, 0) is 31.4 Å². The van der Waals surface area contributed by atoms with E-state index < -0.39 is 0 Å². The number of benzene rings is 1. The summed E-state index contributed by atoms with van der Waals surface area (Å²) in [5.74, 6) is 0.921. The monoisotopic (exact) mass is 248 g/mol. The Hall–Kier alpha value is -1.22. The van der Waals surface area contributed by atoms with Crippen molar-refractivity contribution in [2.24, 2.45) is 0 Å².